The Morgan fingerprint density at radius 1 is 0.771 bits per heavy atom. The number of nitrogens with two attached hydrogens (primary N) is 1. The first-order valence-corrected chi connectivity index (χ1v) is 12.4. The first kappa shape index (κ1) is 24.0. The van der Waals surface area contributed by atoms with E-state index < -0.39 is 15.8 Å². The van der Waals surface area contributed by atoms with Gasteiger partial charge in [-0.1, -0.05) is 42.5 Å². The van der Waals surface area contributed by atoms with Crippen molar-refractivity contribution in [3.05, 3.63) is 120 Å². The number of rotatable bonds is 8. The summed E-state index contributed by atoms with van der Waals surface area (Å²) in [6, 6.07) is 26.1. The summed E-state index contributed by atoms with van der Waals surface area (Å²) in [5.74, 6) is -0.757. The SMILES string of the molecule is Nc1ccccc1NC(=O)c1ccc(CCc2ccccc2NS(=O)(=O)c2ccc(F)cc2)cc1. The molecule has 1 amide bonds. The molecule has 0 aliphatic carbocycles. The van der Waals surface area contributed by atoms with Gasteiger partial charge in [-0.3, -0.25) is 9.52 Å². The van der Waals surface area contributed by atoms with E-state index in [0.29, 0.717) is 35.5 Å². The first-order chi connectivity index (χ1) is 16.8. The summed E-state index contributed by atoms with van der Waals surface area (Å²) in [6.07, 6.45) is 1.22. The Labute approximate surface area is 203 Å². The van der Waals surface area contributed by atoms with Crippen molar-refractivity contribution < 1.29 is 17.6 Å². The molecule has 6 nitrogen and oxygen atoms in total. The van der Waals surface area contributed by atoms with E-state index in [-0.39, 0.29) is 10.8 Å². The molecule has 0 atom stereocenters. The molecule has 4 rings (SSSR count). The van der Waals surface area contributed by atoms with Gasteiger partial charge in [-0.2, -0.15) is 0 Å². The van der Waals surface area contributed by atoms with Crippen molar-refractivity contribution in [2.45, 2.75) is 17.7 Å². The van der Waals surface area contributed by atoms with Crippen LogP contribution in [0.3, 0.4) is 0 Å². The van der Waals surface area contributed by atoms with Gasteiger partial charge in [0.05, 0.1) is 22.0 Å². The van der Waals surface area contributed by atoms with Crippen molar-refractivity contribution in [1.82, 2.24) is 0 Å². The molecule has 0 aliphatic rings. The number of carbonyl (C=O) groups is 1. The van der Waals surface area contributed by atoms with Crippen molar-refractivity contribution in [2.75, 3.05) is 15.8 Å². The lowest BCUT2D eigenvalue weighted by atomic mass is 10.0. The van der Waals surface area contributed by atoms with Crippen molar-refractivity contribution in [3.63, 3.8) is 0 Å². The summed E-state index contributed by atoms with van der Waals surface area (Å²) < 4.78 is 41.2. The highest BCUT2D eigenvalue weighted by molar-refractivity contribution is 7.92. The molecule has 4 aromatic carbocycles. The number of hydrogen-bond acceptors (Lipinski definition) is 4. The van der Waals surface area contributed by atoms with Crippen LogP contribution in [0.5, 0.6) is 0 Å². The van der Waals surface area contributed by atoms with Crippen molar-refractivity contribution in [2.24, 2.45) is 0 Å². The number of halogens is 1. The molecule has 0 spiro atoms. The topological polar surface area (TPSA) is 101 Å². The molecule has 0 saturated carbocycles. The van der Waals surface area contributed by atoms with Gasteiger partial charge in [-0.05, 0) is 78.6 Å². The number of carbonyl (C=O) groups excluding carboxylic acids is 1. The van der Waals surface area contributed by atoms with Gasteiger partial charge in [-0.15, -0.1) is 0 Å². The van der Waals surface area contributed by atoms with Crippen LogP contribution in [0.1, 0.15) is 21.5 Å². The van der Waals surface area contributed by atoms with Gasteiger partial charge < -0.3 is 11.1 Å². The van der Waals surface area contributed by atoms with Gasteiger partial charge in [0.15, 0.2) is 0 Å². The standard InChI is InChI=1S/C27H24FN3O3S/c28-22-15-17-23(18-16-22)35(33,34)31-25-7-3-1-5-20(25)12-9-19-10-13-21(14-11-19)27(32)30-26-8-4-2-6-24(26)29/h1-8,10-11,13-18,31H,9,12,29H2,(H,30,32). The number of hydrogen-bond donors (Lipinski definition) is 3. The number of nitrogens with one attached hydrogen (secondary N) is 2. The molecule has 0 aromatic heterocycles. The Morgan fingerprint density at radius 3 is 2.09 bits per heavy atom. The Bertz CT molecular complexity index is 1440. The van der Waals surface area contributed by atoms with Crippen LogP contribution in [-0.2, 0) is 22.9 Å². The number of nitrogen functional groups attached to an aromatic ring is 1. The third-order valence-electron chi connectivity index (χ3n) is 5.49. The maximum absolute atomic E-state index is 13.2. The minimum atomic E-state index is -3.85. The molecule has 0 radical (unpaired) electrons. The van der Waals surface area contributed by atoms with E-state index in [1.165, 1.54) is 12.1 Å². The van der Waals surface area contributed by atoms with Gasteiger partial charge in [0.1, 0.15) is 5.82 Å². The normalized spacial score (nSPS) is 11.1. The molecule has 0 aliphatic heterocycles. The summed E-state index contributed by atoms with van der Waals surface area (Å²) in [6.45, 7) is 0. The Morgan fingerprint density at radius 2 is 1.40 bits per heavy atom. The minimum absolute atomic E-state index is 0.0140. The zero-order valence-electron chi connectivity index (χ0n) is 18.7. The molecule has 4 aromatic rings. The average Bonchev–Trinajstić information content (AvgIpc) is 2.85. The average molecular weight is 490 g/mol. The molecule has 178 valence electrons. The van der Waals surface area contributed by atoms with Gasteiger partial charge in [0, 0.05) is 5.56 Å². The number of para-hydroxylation sites is 3. The third kappa shape index (κ3) is 6.04. The van der Waals surface area contributed by atoms with Gasteiger partial charge in [0.25, 0.3) is 15.9 Å². The van der Waals surface area contributed by atoms with Crippen LogP contribution >= 0.6 is 0 Å². The predicted octanol–water partition coefficient (Wildman–Crippen LogP) is 5.25. The quantitative estimate of drug-likeness (QED) is 0.294. The van der Waals surface area contributed by atoms with E-state index in [1.54, 1.807) is 48.5 Å². The van der Waals surface area contributed by atoms with Crippen LogP contribution in [0, 0.1) is 5.82 Å². The van der Waals surface area contributed by atoms with Gasteiger partial charge in [-0.25, -0.2) is 12.8 Å². The summed E-state index contributed by atoms with van der Waals surface area (Å²) in [5.41, 5.74) is 9.72. The van der Waals surface area contributed by atoms with E-state index in [9.17, 15) is 17.6 Å². The smallest absolute Gasteiger partial charge is 0.261 e. The van der Waals surface area contributed by atoms with Crippen molar-refractivity contribution in [1.29, 1.82) is 0 Å². The number of benzene rings is 4. The Balaban J connectivity index is 1.42. The summed E-state index contributed by atoms with van der Waals surface area (Å²) >= 11 is 0. The minimum Gasteiger partial charge on any atom is -0.397 e. The van der Waals surface area contributed by atoms with Crippen LogP contribution in [0.2, 0.25) is 0 Å². The summed E-state index contributed by atoms with van der Waals surface area (Å²) in [4.78, 5) is 12.5. The lowest BCUT2D eigenvalue weighted by molar-refractivity contribution is 0.102. The molecular weight excluding hydrogens is 465 g/mol. The largest absolute Gasteiger partial charge is 0.397 e. The van der Waals surface area contributed by atoms with Gasteiger partial charge in [0.2, 0.25) is 0 Å². The van der Waals surface area contributed by atoms with Crippen LogP contribution in [0.4, 0.5) is 21.5 Å². The lowest BCUT2D eigenvalue weighted by Gasteiger charge is -2.13. The molecule has 0 unspecified atom stereocenters. The molecular formula is C27H24FN3O3S. The highest BCUT2D eigenvalue weighted by Gasteiger charge is 2.16. The van der Waals surface area contributed by atoms with Gasteiger partial charge >= 0.3 is 0 Å². The zero-order valence-corrected chi connectivity index (χ0v) is 19.6. The van der Waals surface area contributed by atoms with Crippen molar-refractivity contribution in [3.8, 4) is 0 Å². The lowest BCUT2D eigenvalue weighted by Crippen LogP contribution is -2.14. The van der Waals surface area contributed by atoms with E-state index in [4.69, 9.17) is 5.73 Å². The second-order valence-electron chi connectivity index (χ2n) is 7.95. The second kappa shape index (κ2) is 10.4. The monoisotopic (exact) mass is 489 g/mol. The van der Waals surface area contributed by atoms with Crippen LogP contribution in [0.15, 0.2) is 102 Å². The molecule has 0 heterocycles. The van der Waals surface area contributed by atoms with Crippen LogP contribution in [0.25, 0.3) is 0 Å². The fourth-order valence-corrected chi connectivity index (χ4v) is 4.66. The summed E-state index contributed by atoms with van der Waals surface area (Å²) in [5, 5.41) is 2.80. The highest BCUT2D eigenvalue weighted by Crippen LogP contribution is 2.23. The molecule has 4 N–H and O–H groups in total. The number of anilines is 3. The molecule has 0 bridgehead atoms. The first-order valence-electron chi connectivity index (χ1n) is 10.9. The number of sulfonamides is 1. The third-order valence-corrected chi connectivity index (χ3v) is 6.88. The summed E-state index contributed by atoms with van der Waals surface area (Å²) in [7, 11) is -3.85. The van der Waals surface area contributed by atoms with Crippen LogP contribution < -0.4 is 15.8 Å². The fourth-order valence-electron chi connectivity index (χ4n) is 3.56. The Hall–Kier alpha value is -4.17. The molecule has 35 heavy (non-hydrogen) atoms. The van der Waals surface area contributed by atoms with Crippen molar-refractivity contribution >= 4 is 33.0 Å². The number of aryl methyl sites for hydroxylation is 2. The zero-order chi connectivity index (χ0) is 24.8. The predicted molar refractivity (Wildman–Crippen MR) is 136 cm³/mol. The van der Waals surface area contributed by atoms with E-state index >= 15 is 0 Å². The Kier molecular flexibility index (Phi) is 7.12. The maximum Gasteiger partial charge on any atom is 0.261 e. The highest BCUT2D eigenvalue weighted by atomic mass is 32.2. The van der Waals surface area contributed by atoms with E-state index in [1.807, 2.05) is 24.3 Å². The molecule has 8 heteroatoms. The maximum atomic E-state index is 13.2. The molecule has 0 fully saturated rings. The van der Waals surface area contributed by atoms with Crippen LogP contribution in [-0.4, -0.2) is 14.3 Å². The second-order valence-corrected chi connectivity index (χ2v) is 9.64. The fraction of sp³-hybridized carbons (Fsp3) is 0.0741. The van der Waals surface area contributed by atoms with E-state index in [0.717, 1.165) is 23.3 Å². The van der Waals surface area contributed by atoms with E-state index in [2.05, 4.69) is 10.0 Å². The molecule has 0 saturated heterocycles. The number of amides is 1.